The number of hydrogen-bond acceptors (Lipinski definition) is 6. The molecule has 0 atom stereocenters. The van der Waals surface area contributed by atoms with Crippen molar-refractivity contribution in [3.8, 4) is 11.3 Å². The van der Waals surface area contributed by atoms with E-state index in [-0.39, 0.29) is 0 Å². The summed E-state index contributed by atoms with van der Waals surface area (Å²) in [4.78, 5) is 20.0. The predicted molar refractivity (Wildman–Crippen MR) is 97.4 cm³/mol. The van der Waals surface area contributed by atoms with Gasteiger partial charge in [-0.15, -0.1) is 0 Å². The standard InChI is InChI=1S/C18H14N8/c1-2-4-12(5-3-1)14-6-7-15-19-8-13(26(15)25-14)9-20-17-16-18(22-10-21-16)24-11-23-17/h1-8,10-11H,9H2,(H2,20,21,22,23,24). The van der Waals surface area contributed by atoms with Crippen LogP contribution in [0.15, 0.2) is 61.3 Å². The molecule has 4 heterocycles. The highest BCUT2D eigenvalue weighted by Gasteiger charge is 2.09. The van der Waals surface area contributed by atoms with Crippen LogP contribution >= 0.6 is 0 Å². The molecule has 4 aromatic heterocycles. The van der Waals surface area contributed by atoms with Crippen molar-refractivity contribution in [2.24, 2.45) is 0 Å². The number of anilines is 1. The summed E-state index contributed by atoms with van der Waals surface area (Å²) in [6, 6.07) is 14.0. The smallest absolute Gasteiger partial charge is 0.182 e. The topological polar surface area (TPSA) is 96.7 Å². The predicted octanol–water partition coefficient (Wildman–Crippen LogP) is 2.67. The first-order valence-electron chi connectivity index (χ1n) is 8.15. The molecule has 0 aliphatic rings. The van der Waals surface area contributed by atoms with Gasteiger partial charge in [0.25, 0.3) is 0 Å². The van der Waals surface area contributed by atoms with Gasteiger partial charge in [-0.3, -0.25) is 0 Å². The quantitative estimate of drug-likeness (QED) is 0.521. The van der Waals surface area contributed by atoms with Crippen LogP contribution in [0.1, 0.15) is 5.69 Å². The van der Waals surface area contributed by atoms with E-state index in [0.29, 0.717) is 18.0 Å². The summed E-state index contributed by atoms with van der Waals surface area (Å²) in [5.74, 6) is 0.696. The Kier molecular flexibility index (Phi) is 3.31. The van der Waals surface area contributed by atoms with Crippen molar-refractivity contribution < 1.29 is 0 Å². The third kappa shape index (κ3) is 2.44. The van der Waals surface area contributed by atoms with E-state index in [1.54, 1.807) is 6.33 Å². The molecule has 1 aromatic carbocycles. The van der Waals surface area contributed by atoms with Crippen molar-refractivity contribution in [3.05, 3.63) is 67.0 Å². The molecule has 2 N–H and O–H groups in total. The van der Waals surface area contributed by atoms with Crippen molar-refractivity contribution in [2.45, 2.75) is 6.54 Å². The molecule has 0 bridgehead atoms. The number of nitrogens with zero attached hydrogens (tertiary/aromatic N) is 6. The first-order valence-corrected chi connectivity index (χ1v) is 8.15. The number of imidazole rings is 2. The number of aromatic amines is 1. The lowest BCUT2D eigenvalue weighted by atomic mass is 10.1. The Morgan fingerprint density at radius 3 is 2.81 bits per heavy atom. The maximum atomic E-state index is 4.73. The summed E-state index contributed by atoms with van der Waals surface area (Å²) in [5, 5.41) is 8.04. The van der Waals surface area contributed by atoms with Crippen LogP contribution < -0.4 is 5.32 Å². The van der Waals surface area contributed by atoms with Crippen LogP contribution in [0.5, 0.6) is 0 Å². The Morgan fingerprint density at radius 2 is 1.88 bits per heavy atom. The molecule has 0 aliphatic carbocycles. The van der Waals surface area contributed by atoms with Gasteiger partial charge in [0.2, 0.25) is 0 Å². The average Bonchev–Trinajstić information content (AvgIpc) is 3.33. The zero-order valence-corrected chi connectivity index (χ0v) is 13.7. The van der Waals surface area contributed by atoms with Gasteiger partial charge in [0.15, 0.2) is 17.1 Å². The van der Waals surface area contributed by atoms with Crippen molar-refractivity contribution in [2.75, 3.05) is 5.32 Å². The number of nitrogens with one attached hydrogen (secondary N) is 2. The van der Waals surface area contributed by atoms with Crippen molar-refractivity contribution >= 4 is 22.6 Å². The van der Waals surface area contributed by atoms with E-state index in [1.165, 1.54) is 6.33 Å². The van der Waals surface area contributed by atoms with E-state index in [0.717, 1.165) is 28.1 Å². The van der Waals surface area contributed by atoms with Crippen molar-refractivity contribution in [1.29, 1.82) is 0 Å². The van der Waals surface area contributed by atoms with Gasteiger partial charge < -0.3 is 10.3 Å². The van der Waals surface area contributed by atoms with Crippen LogP contribution in [-0.2, 0) is 6.54 Å². The molecule has 5 rings (SSSR count). The number of hydrogen-bond donors (Lipinski definition) is 2. The number of H-pyrrole nitrogens is 1. The average molecular weight is 342 g/mol. The minimum atomic E-state index is 0.525. The molecule has 5 aromatic rings. The normalized spacial score (nSPS) is 11.2. The summed E-state index contributed by atoms with van der Waals surface area (Å²) in [7, 11) is 0. The summed E-state index contributed by atoms with van der Waals surface area (Å²) >= 11 is 0. The SMILES string of the molecule is c1ccc(-c2ccc3ncc(CNc4ncnc5nc[nH]c45)n3n2)cc1. The molecule has 126 valence electrons. The van der Waals surface area contributed by atoms with Gasteiger partial charge in [-0.25, -0.2) is 24.5 Å². The Balaban J connectivity index is 1.48. The van der Waals surface area contributed by atoms with E-state index in [4.69, 9.17) is 5.10 Å². The van der Waals surface area contributed by atoms with Crippen LogP contribution in [0.4, 0.5) is 5.82 Å². The molecular weight excluding hydrogens is 328 g/mol. The Bertz CT molecular complexity index is 1190. The highest BCUT2D eigenvalue weighted by atomic mass is 15.3. The zero-order valence-electron chi connectivity index (χ0n) is 13.7. The first kappa shape index (κ1) is 14.5. The summed E-state index contributed by atoms with van der Waals surface area (Å²) < 4.78 is 1.85. The highest BCUT2D eigenvalue weighted by Crippen LogP contribution is 2.19. The Labute approximate surface area is 148 Å². The lowest BCUT2D eigenvalue weighted by molar-refractivity contribution is 0.866. The second-order valence-electron chi connectivity index (χ2n) is 5.78. The fraction of sp³-hybridized carbons (Fsp3) is 0.0556. The van der Waals surface area contributed by atoms with Crippen LogP contribution in [0.25, 0.3) is 28.1 Å². The molecule has 0 saturated carbocycles. The number of benzene rings is 1. The molecule has 8 heteroatoms. The second-order valence-corrected chi connectivity index (χ2v) is 5.78. The van der Waals surface area contributed by atoms with Gasteiger partial charge in [0.05, 0.1) is 30.5 Å². The summed E-state index contributed by atoms with van der Waals surface area (Å²) in [5.41, 5.74) is 5.11. The lowest BCUT2D eigenvalue weighted by Crippen LogP contribution is -2.07. The maximum Gasteiger partial charge on any atom is 0.182 e. The number of rotatable bonds is 4. The van der Waals surface area contributed by atoms with Crippen molar-refractivity contribution in [1.82, 2.24) is 34.5 Å². The molecule has 0 fully saturated rings. The summed E-state index contributed by atoms with van der Waals surface area (Å²) in [6.07, 6.45) is 4.91. The summed E-state index contributed by atoms with van der Waals surface area (Å²) in [6.45, 7) is 0.525. The van der Waals surface area contributed by atoms with E-state index in [9.17, 15) is 0 Å². The molecule has 0 aliphatic heterocycles. The van der Waals surface area contributed by atoms with E-state index >= 15 is 0 Å². The third-order valence-corrected chi connectivity index (χ3v) is 4.16. The molecular formula is C18H14N8. The number of fused-ring (bicyclic) bond motifs is 2. The molecule has 0 amide bonds. The Morgan fingerprint density at radius 1 is 0.962 bits per heavy atom. The highest BCUT2D eigenvalue weighted by molar-refractivity contribution is 5.81. The Hall–Kier alpha value is -3.81. The fourth-order valence-corrected chi connectivity index (χ4v) is 2.88. The van der Waals surface area contributed by atoms with E-state index in [2.05, 4.69) is 30.2 Å². The minimum Gasteiger partial charge on any atom is -0.362 e. The molecule has 8 nitrogen and oxygen atoms in total. The monoisotopic (exact) mass is 342 g/mol. The van der Waals surface area contributed by atoms with Gasteiger partial charge in [-0.05, 0) is 12.1 Å². The van der Waals surface area contributed by atoms with Gasteiger partial charge in [-0.1, -0.05) is 30.3 Å². The van der Waals surface area contributed by atoms with Gasteiger partial charge in [-0.2, -0.15) is 5.10 Å². The van der Waals surface area contributed by atoms with Crippen LogP contribution in [0, 0.1) is 0 Å². The molecule has 26 heavy (non-hydrogen) atoms. The first-order chi connectivity index (χ1) is 12.9. The lowest BCUT2D eigenvalue weighted by Gasteiger charge is -2.07. The molecule has 0 spiro atoms. The fourth-order valence-electron chi connectivity index (χ4n) is 2.88. The molecule has 0 radical (unpaired) electrons. The molecule has 0 unspecified atom stereocenters. The number of aromatic nitrogens is 7. The van der Waals surface area contributed by atoms with Crippen LogP contribution in [0.3, 0.4) is 0 Å². The minimum absolute atomic E-state index is 0.525. The molecule has 0 saturated heterocycles. The second kappa shape index (κ2) is 5.92. The van der Waals surface area contributed by atoms with Gasteiger partial charge in [0.1, 0.15) is 11.8 Å². The third-order valence-electron chi connectivity index (χ3n) is 4.16. The van der Waals surface area contributed by atoms with Gasteiger partial charge in [0, 0.05) is 5.56 Å². The maximum absolute atomic E-state index is 4.73. The van der Waals surface area contributed by atoms with Crippen molar-refractivity contribution in [3.63, 3.8) is 0 Å². The van der Waals surface area contributed by atoms with E-state index < -0.39 is 0 Å². The van der Waals surface area contributed by atoms with Crippen LogP contribution in [-0.4, -0.2) is 34.5 Å². The van der Waals surface area contributed by atoms with Crippen LogP contribution in [0.2, 0.25) is 0 Å². The van der Waals surface area contributed by atoms with E-state index in [1.807, 2.05) is 53.2 Å². The zero-order chi connectivity index (χ0) is 17.3. The largest absolute Gasteiger partial charge is 0.362 e. The van der Waals surface area contributed by atoms with Gasteiger partial charge >= 0.3 is 0 Å².